The zero-order chi connectivity index (χ0) is 22.9. The van der Waals surface area contributed by atoms with Crippen molar-refractivity contribution in [3.63, 3.8) is 0 Å². The highest BCUT2D eigenvalue weighted by Crippen LogP contribution is 2.28. The second-order valence-electron chi connectivity index (χ2n) is 7.25. The van der Waals surface area contributed by atoms with Gasteiger partial charge in [-0.05, 0) is 23.3 Å². The Morgan fingerprint density at radius 1 is 0.879 bits per heavy atom. The number of hydrogen-bond donors (Lipinski definition) is 0. The summed E-state index contributed by atoms with van der Waals surface area (Å²) in [4.78, 5) is 16.7. The molecule has 0 radical (unpaired) electrons. The molecule has 0 aliphatic rings. The Balaban J connectivity index is 1.59. The number of methoxy groups -OCH3 is 1. The summed E-state index contributed by atoms with van der Waals surface area (Å²) in [5.41, 5.74) is 3.52. The van der Waals surface area contributed by atoms with E-state index in [9.17, 15) is 4.79 Å². The molecule has 0 spiro atoms. The van der Waals surface area contributed by atoms with E-state index < -0.39 is 5.97 Å². The van der Waals surface area contributed by atoms with Crippen molar-refractivity contribution >= 4 is 16.9 Å². The third-order valence-electron chi connectivity index (χ3n) is 4.94. The van der Waals surface area contributed by atoms with E-state index in [0.29, 0.717) is 30.0 Å². The predicted octanol–water partition coefficient (Wildman–Crippen LogP) is 5.17. The van der Waals surface area contributed by atoms with E-state index >= 15 is 0 Å². The van der Waals surface area contributed by atoms with Crippen LogP contribution in [-0.2, 0) is 22.7 Å². The average Bonchev–Trinajstić information content (AvgIpc) is 2.87. The van der Waals surface area contributed by atoms with Gasteiger partial charge in [0, 0.05) is 10.9 Å². The number of benzene rings is 3. The van der Waals surface area contributed by atoms with Gasteiger partial charge < -0.3 is 14.2 Å². The fourth-order valence-electron chi connectivity index (χ4n) is 3.31. The maximum atomic E-state index is 12.2. The van der Waals surface area contributed by atoms with Gasteiger partial charge >= 0.3 is 5.97 Å². The predicted molar refractivity (Wildman–Crippen MR) is 127 cm³/mol. The first kappa shape index (κ1) is 22.1. The highest BCUT2D eigenvalue weighted by molar-refractivity contribution is 5.96. The Morgan fingerprint density at radius 2 is 1.58 bits per heavy atom. The van der Waals surface area contributed by atoms with Crippen molar-refractivity contribution in [3.8, 4) is 17.6 Å². The van der Waals surface area contributed by atoms with Gasteiger partial charge in [0.25, 0.3) is 0 Å². The summed E-state index contributed by atoms with van der Waals surface area (Å²) in [5.74, 6) is 6.19. The fourth-order valence-corrected chi connectivity index (χ4v) is 3.31. The van der Waals surface area contributed by atoms with Crippen molar-refractivity contribution < 1.29 is 19.0 Å². The number of hydrogen-bond acceptors (Lipinski definition) is 5. The molecule has 0 fully saturated rings. The van der Waals surface area contributed by atoms with Crippen molar-refractivity contribution in [2.75, 3.05) is 13.7 Å². The summed E-state index contributed by atoms with van der Waals surface area (Å²) in [5, 5.41) is 0.795. The Morgan fingerprint density at radius 3 is 2.27 bits per heavy atom. The largest absolute Gasteiger partial charge is 0.487 e. The average molecular weight is 437 g/mol. The molecule has 5 heteroatoms. The molecule has 4 rings (SSSR count). The van der Waals surface area contributed by atoms with Crippen LogP contribution < -0.4 is 4.74 Å². The summed E-state index contributed by atoms with van der Waals surface area (Å²) in [6, 6.07) is 27.0. The number of aromatic nitrogens is 1. The number of pyridine rings is 1. The van der Waals surface area contributed by atoms with Gasteiger partial charge in [0.1, 0.15) is 30.2 Å². The molecule has 0 unspecified atom stereocenters. The fraction of sp³-hybridized carbons (Fsp3) is 0.143. The maximum absolute atomic E-state index is 12.2. The third kappa shape index (κ3) is 5.76. The molecule has 0 amide bonds. The van der Waals surface area contributed by atoms with E-state index in [1.807, 2.05) is 78.9 Å². The lowest BCUT2D eigenvalue weighted by molar-refractivity contribution is 0.0594. The van der Waals surface area contributed by atoms with Crippen molar-refractivity contribution in [1.82, 2.24) is 4.98 Å². The van der Waals surface area contributed by atoms with Gasteiger partial charge in [0.05, 0.1) is 13.7 Å². The van der Waals surface area contributed by atoms with Crippen LogP contribution in [0.3, 0.4) is 0 Å². The minimum Gasteiger partial charge on any atom is -0.487 e. The van der Waals surface area contributed by atoms with E-state index in [1.54, 1.807) is 6.07 Å². The Bertz CT molecular complexity index is 1290. The molecular formula is C28H23NO4. The van der Waals surface area contributed by atoms with Crippen molar-refractivity contribution in [3.05, 3.63) is 107 Å². The van der Waals surface area contributed by atoms with E-state index in [0.717, 1.165) is 16.5 Å². The summed E-state index contributed by atoms with van der Waals surface area (Å²) in [6.45, 7) is 1.13. The van der Waals surface area contributed by atoms with Crippen molar-refractivity contribution in [2.24, 2.45) is 0 Å². The second-order valence-corrected chi connectivity index (χ2v) is 7.25. The van der Waals surface area contributed by atoms with Crippen LogP contribution in [0.4, 0.5) is 0 Å². The quantitative estimate of drug-likeness (QED) is 0.227. The number of nitrogens with zero attached hydrogens (tertiary/aromatic N) is 1. The standard InChI is InChI=1S/C28H23NO4/c1-31-28(30)25-18-23(14-9-17-32-19-21-10-4-2-5-11-21)24-15-8-16-26(27(24)29-25)33-20-22-12-6-3-7-13-22/h2-8,10-13,15-16,18H,17,19-20H2,1H3. The van der Waals surface area contributed by atoms with Crippen LogP contribution in [0, 0.1) is 11.8 Å². The number of carbonyl (C=O) groups is 1. The zero-order valence-corrected chi connectivity index (χ0v) is 18.3. The smallest absolute Gasteiger partial charge is 0.356 e. The molecule has 33 heavy (non-hydrogen) atoms. The molecule has 3 aromatic carbocycles. The first-order valence-electron chi connectivity index (χ1n) is 10.5. The van der Waals surface area contributed by atoms with Gasteiger partial charge in [0.2, 0.25) is 0 Å². The SMILES string of the molecule is COC(=O)c1cc(C#CCOCc2ccccc2)c2cccc(OCc3ccccc3)c2n1. The molecule has 0 aliphatic heterocycles. The number of rotatable bonds is 7. The van der Waals surface area contributed by atoms with Crippen LogP contribution in [0.5, 0.6) is 5.75 Å². The molecule has 0 aliphatic carbocycles. The van der Waals surface area contributed by atoms with Crippen LogP contribution in [0.1, 0.15) is 27.2 Å². The molecule has 0 bridgehead atoms. The normalized spacial score (nSPS) is 10.3. The molecule has 4 aromatic rings. The highest BCUT2D eigenvalue weighted by atomic mass is 16.5. The van der Waals surface area contributed by atoms with Crippen LogP contribution in [0.15, 0.2) is 84.9 Å². The number of esters is 1. The molecule has 0 atom stereocenters. The summed E-state index contributed by atoms with van der Waals surface area (Å²) in [7, 11) is 1.33. The van der Waals surface area contributed by atoms with Crippen LogP contribution in [0.25, 0.3) is 10.9 Å². The summed E-state index contributed by atoms with van der Waals surface area (Å²) < 4.78 is 16.6. The monoisotopic (exact) mass is 437 g/mol. The van der Waals surface area contributed by atoms with E-state index in [2.05, 4.69) is 16.8 Å². The Labute approximate surface area is 193 Å². The van der Waals surface area contributed by atoms with Crippen molar-refractivity contribution in [2.45, 2.75) is 13.2 Å². The van der Waals surface area contributed by atoms with Gasteiger partial charge in [-0.15, -0.1) is 0 Å². The molecule has 164 valence electrons. The summed E-state index contributed by atoms with van der Waals surface area (Å²) in [6.07, 6.45) is 0. The molecule has 1 aromatic heterocycles. The second kappa shape index (κ2) is 10.9. The van der Waals surface area contributed by atoms with Gasteiger partial charge in [-0.25, -0.2) is 9.78 Å². The van der Waals surface area contributed by atoms with Crippen LogP contribution in [0.2, 0.25) is 0 Å². The Hall–Kier alpha value is -4.14. The zero-order valence-electron chi connectivity index (χ0n) is 18.3. The number of para-hydroxylation sites is 1. The van der Waals surface area contributed by atoms with E-state index in [-0.39, 0.29) is 12.3 Å². The number of ether oxygens (including phenoxy) is 3. The first-order chi connectivity index (χ1) is 16.2. The number of fused-ring (bicyclic) bond motifs is 1. The molecule has 0 saturated carbocycles. The van der Waals surface area contributed by atoms with Gasteiger partial charge in [0.15, 0.2) is 0 Å². The lowest BCUT2D eigenvalue weighted by Crippen LogP contribution is -2.06. The maximum Gasteiger partial charge on any atom is 0.356 e. The number of carbonyl (C=O) groups excluding carboxylic acids is 1. The molecule has 0 N–H and O–H groups in total. The van der Waals surface area contributed by atoms with Crippen LogP contribution in [-0.4, -0.2) is 24.7 Å². The Kier molecular flexibility index (Phi) is 7.32. The van der Waals surface area contributed by atoms with Gasteiger partial charge in [-0.1, -0.05) is 84.6 Å². The molecule has 5 nitrogen and oxygen atoms in total. The topological polar surface area (TPSA) is 57.7 Å². The lowest BCUT2D eigenvalue weighted by atomic mass is 10.1. The van der Waals surface area contributed by atoms with Gasteiger partial charge in [-0.3, -0.25) is 0 Å². The minimum absolute atomic E-state index is 0.176. The van der Waals surface area contributed by atoms with E-state index in [1.165, 1.54) is 7.11 Å². The molecular weight excluding hydrogens is 414 g/mol. The van der Waals surface area contributed by atoms with Gasteiger partial charge in [-0.2, -0.15) is 0 Å². The minimum atomic E-state index is -0.529. The molecule has 1 heterocycles. The molecule has 0 saturated heterocycles. The lowest BCUT2D eigenvalue weighted by Gasteiger charge is -2.11. The highest BCUT2D eigenvalue weighted by Gasteiger charge is 2.14. The van der Waals surface area contributed by atoms with Crippen LogP contribution >= 0.6 is 0 Å². The summed E-state index contributed by atoms with van der Waals surface area (Å²) >= 11 is 0. The van der Waals surface area contributed by atoms with E-state index in [4.69, 9.17) is 14.2 Å². The van der Waals surface area contributed by atoms with Crippen molar-refractivity contribution in [1.29, 1.82) is 0 Å². The third-order valence-corrected chi connectivity index (χ3v) is 4.94. The first-order valence-corrected chi connectivity index (χ1v) is 10.5.